The van der Waals surface area contributed by atoms with E-state index in [0.717, 1.165) is 11.1 Å². The Balaban J connectivity index is 1.33. The lowest BCUT2D eigenvalue weighted by Gasteiger charge is -2.22. The minimum absolute atomic E-state index is 0.0302. The molecule has 2 fully saturated rings. The van der Waals surface area contributed by atoms with E-state index < -0.39 is 17.4 Å². The Morgan fingerprint density at radius 3 is 2.46 bits per heavy atom. The first kappa shape index (κ1) is 17.2. The third-order valence-electron chi connectivity index (χ3n) is 5.89. The number of nitrogens with zero attached hydrogens (tertiary/aromatic N) is 1. The van der Waals surface area contributed by atoms with Crippen LogP contribution in [0.5, 0.6) is 0 Å². The first-order chi connectivity index (χ1) is 13.7. The van der Waals surface area contributed by atoms with E-state index in [1.807, 2.05) is 72.8 Å². The molecule has 2 aromatic rings. The highest BCUT2D eigenvalue weighted by Gasteiger charge is 2.67. The van der Waals surface area contributed by atoms with Gasteiger partial charge >= 0.3 is 5.97 Å². The summed E-state index contributed by atoms with van der Waals surface area (Å²) in [5.41, 5.74) is 1.29. The van der Waals surface area contributed by atoms with Crippen molar-refractivity contribution < 1.29 is 19.1 Å². The largest absolute Gasteiger partial charge is 0.460 e. The van der Waals surface area contributed by atoms with Gasteiger partial charge in [0.05, 0.1) is 18.6 Å². The Morgan fingerprint density at radius 1 is 1.07 bits per heavy atom. The maximum atomic E-state index is 13.2. The number of carbonyl (C=O) groups excluding carboxylic acids is 2. The Hall–Kier alpha value is -2.92. The van der Waals surface area contributed by atoms with Crippen molar-refractivity contribution in [2.24, 2.45) is 11.8 Å². The number of amides is 1. The van der Waals surface area contributed by atoms with Crippen molar-refractivity contribution in [3.8, 4) is 0 Å². The summed E-state index contributed by atoms with van der Waals surface area (Å²) in [5.74, 6) is -1.48. The van der Waals surface area contributed by atoms with Crippen molar-refractivity contribution in [1.29, 1.82) is 0 Å². The molecule has 0 radical (unpaired) electrons. The molecule has 4 atom stereocenters. The standard InChI is InChI=1S/C23H21NO4/c25-21-20-19(22(26)27-14-17-9-5-2-6-10-17)18-11-12-23(20,28-18)15-24(21)13-16-7-3-1-4-8-16/h1-12,18-20H,13-15H2/t18-,19-,20+,23+/m0/s1. The highest BCUT2D eigenvalue weighted by atomic mass is 16.6. The number of rotatable bonds is 5. The molecule has 3 aliphatic rings. The van der Waals surface area contributed by atoms with Crippen LogP contribution in [0.2, 0.25) is 0 Å². The van der Waals surface area contributed by atoms with E-state index >= 15 is 0 Å². The van der Waals surface area contributed by atoms with Crippen molar-refractivity contribution in [2.45, 2.75) is 24.9 Å². The van der Waals surface area contributed by atoms with Gasteiger partial charge in [0.1, 0.15) is 18.1 Å². The Bertz CT molecular complexity index is 926. The van der Waals surface area contributed by atoms with Crippen LogP contribution in [0.25, 0.3) is 0 Å². The third-order valence-corrected chi connectivity index (χ3v) is 5.89. The van der Waals surface area contributed by atoms with Crippen molar-refractivity contribution in [1.82, 2.24) is 4.90 Å². The first-order valence-electron chi connectivity index (χ1n) is 9.57. The number of carbonyl (C=O) groups is 2. The van der Waals surface area contributed by atoms with Gasteiger partial charge in [0.2, 0.25) is 5.91 Å². The van der Waals surface area contributed by atoms with Crippen LogP contribution in [0.4, 0.5) is 0 Å². The molecule has 0 aliphatic carbocycles. The molecule has 0 saturated carbocycles. The van der Waals surface area contributed by atoms with E-state index in [9.17, 15) is 9.59 Å². The smallest absolute Gasteiger partial charge is 0.313 e. The lowest BCUT2D eigenvalue weighted by molar-refractivity contribution is -0.155. The van der Waals surface area contributed by atoms with Crippen LogP contribution in [-0.4, -0.2) is 35.0 Å². The summed E-state index contributed by atoms with van der Waals surface area (Å²) in [6, 6.07) is 19.4. The van der Waals surface area contributed by atoms with Gasteiger partial charge in [0, 0.05) is 6.54 Å². The molecule has 0 N–H and O–H groups in total. The fourth-order valence-electron chi connectivity index (χ4n) is 4.61. The van der Waals surface area contributed by atoms with Crippen molar-refractivity contribution >= 4 is 11.9 Å². The number of fused-ring (bicyclic) bond motifs is 1. The quantitative estimate of drug-likeness (QED) is 0.596. The molecule has 0 unspecified atom stereocenters. The Morgan fingerprint density at radius 2 is 1.75 bits per heavy atom. The molecular formula is C23H21NO4. The number of hydrogen-bond acceptors (Lipinski definition) is 4. The maximum absolute atomic E-state index is 13.2. The van der Waals surface area contributed by atoms with Gasteiger partial charge < -0.3 is 14.4 Å². The van der Waals surface area contributed by atoms with Gasteiger partial charge in [-0.15, -0.1) is 0 Å². The molecule has 0 aromatic heterocycles. The summed E-state index contributed by atoms with van der Waals surface area (Å²) >= 11 is 0. The molecule has 5 heteroatoms. The molecule has 5 nitrogen and oxygen atoms in total. The minimum atomic E-state index is -0.701. The number of esters is 1. The van der Waals surface area contributed by atoms with E-state index in [1.165, 1.54) is 0 Å². The predicted octanol–water partition coefficient (Wildman–Crippen LogP) is 2.71. The van der Waals surface area contributed by atoms with Gasteiger partial charge in [0.25, 0.3) is 0 Å². The zero-order valence-corrected chi connectivity index (χ0v) is 15.4. The van der Waals surface area contributed by atoms with Crippen LogP contribution in [0.1, 0.15) is 11.1 Å². The van der Waals surface area contributed by atoms with Gasteiger partial charge in [-0.1, -0.05) is 72.8 Å². The van der Waals surface area contributed by atoms with Crippen LogP contribution < -0.4 is 0 Å². The number of ether oxygens (including phenoxy) is 2. The lowest BCUT2D eigenvalue weighted by Crippen LogP contribution is -2.39. The van der Waals surface area contributed by atoms with Crippen LogP contribution in [0.3, 0.4) is 0 Å². The number of hydrogen-bond donors (Lipinski definition) is 0. The van der Waals surface area contributed by atoms with E-state index in [0.29, 0.717) is 13.1 Å². The second-order valence-corrected chi connectivity index (χ2v) is 7.67. The summed E-state index contributed by atoms with van der Waals surface area (Å²) < 4.78 is 11.7. The molecule has 142 valence electrons. The molecule has 2 aromatic carbocycles. The predicted molar refractivity (Wildman–Crippen MR) is 102 cm³/mol. The van der Waals surface area contributed by atoms with Gasteiger partial charge in [-0.2, -0.15) is 0 Å². The van der Waals surface area contributed by atoms with E-state index in [1.54, 1.807) is 4.90 Å². The monoisotopic (exact) mass is 375 g/mol. The fourth-order valence-corrected chi connectivity index (χ4v) is 4.61. The molecular weight excluding hydrogens is 354 g/mol. The van der Waals surface area contributed by atoms with Gasteiger partial charge in [-0.3, -0.25) is 9.59 Å². The topological polar surface area (TPSA) is 55.8 Å². The van der Waals surface area contributed by atoms with Crippen molar-refractivity contribution in [3.63, 3.8) is 0 Å². The van der Waals surface area contributed by atoms with Crippen LogP contribution in [0, 0.1) is 11.8 Å². The second kappa shape index (κ2) is 6.60. The zero-order valence-electron chi connectivity index (χ0n) is 15.4. The highest BCUT2D eigenvalue weighted by Crippen LogP contribution is 2.52. The highest BCUT2D eigenvalue weighted by molar-refractivity contribution is 5.91. The van der Waals surface area contributed by atoms with Crippen molar-refractivity contribution in [3.05, 3.63) is 83.9 Å². The summed E-state index contributed by atoms with van der Waals surface area (Å²) in [6.45, 7) is 1.20. The molecule has 5 rings (SSSR count). The fraction of sp³-hybridized carbons (Fsp3) is 0.304. The molecule has 2 saturated heterocycles. The molecule has 28 heavy (non-hydrogen) atoms. The zero-order chi connectivity index (χ0) is 19.1. The molecule has 3 aliphatic heterocycles. The normalized spacial score (nSPS) is 29.9. The second-order valence-electron chi connectivity index (χ2n) is 7.67. The van der Waals surface area contributed by atoms with Crippen LogP contribution in [0.15, 0.2) is 72.8 Å². The van der Waals surface area contributed by atoms with E-state index in [2.05, 4.69) is 0 Å². The summed E-state index contributed by atoms with van der Waals surface area (Å²) in [4.78, 5) is 27.8. The number of benzene rings is 2. The Kier molecular flexibility index (Phi) is 4.05. The minimum Gasteiger partial charge on any atom is -0.460 e. The van der Waals surface area contributed by atoms with E-state index in [4.69, 9.17) is 9.47 Å². The SMILES string of the molecule is O=C(OCc1ccccc1)[C@H]1[C@@H]2C=C[C@]3(CN(Cc4ccccc4)C(=O)[C@@H]13)O2. The van der Waals surface area contributed by atoms with E-state index in [-0.39, 0.29) is 24.6 Å². The molecule has 2 bridgehead atoms. The van der Waals surface area contributed by atoms with Gasteiger partial charge in [-0.25, -0.2) is 0 Å². The molecule has 3 heterocycles. The average molecular weight is 375 g/mol. The maximum Gasteiger partial charge on any atom is 0.313 e. The first-order valence-corrected chi connectivity index (χ1v) is 9.57. The molecule has 1 amide bonds. The summed E-state index contributed by atoms with van der Waals surface area (Å²) in [5, 5.41) is 0. The van der Waals surface area contributed by atoms with Crippen LogP contribution >= 0.6 is 0 Å². The van der Waals surface area contributed by atoms with Crippen molar-refractivity contribution in [2.75, 3.05) is 6.54 Å². The lowest BCUT2D eigenvalue weighted by atomic mass is 9.77. The third kappa shape index (κ3) is 2.74. The summed E-state index contributed by atoms with van der Waals surface area (Å²) in [7, 11) is 0. The summed E-state index contributed by atoms with van der Waals surface area (Å²) in [6.07, 6.45) is 3.49. The Labute approximate surface area is 163 Å². The van der Waals surface area contributed by atoms with Gasteiger partial charge in [0.15, 0.2) is 0 Å². The molecule has 1 spiro atoms. The average Bonchev–Trinajstić information content (AvgIpc) is 3.36. The number of likely N-dealkylation sites (tertiary alicyclic amines) is 1. The van der Waals surface area contributed by atoms with Crippen LogP contribution in [-0.2, 0) is 32.2 Å². The van der Waals surface area contributed by atoms with Gasteiger partial charge in [-0.05, 0) is 11.1 Å².